The van der Waals surface area contributed by atoms with Gasteiger partial charge in [0, 0.05) is 36.8 Å². The average Bonchev–Trinajstić information content (AvgIpc) is 3.28. The number of ether oxygens (including phenoxy) is 2. The molecule has 0 aromatic heterocycles. The number of hydrogen-bond acceptors (Lipinski definition) is 4. The lowest BCUT2D eigenvalue weighted by Crippen LogP contribution is -2.32. The number of likely N-dealkylation sites (tertiary alicyclic amines) is 1. The van der Waals surface area contributed by atoms with E-state index in [0.29, 0.717) is 6.54 Å². The molecule has 0 radical (unpaired) electrons. The van der Waals surface area contributed by atoms with Crippen LogP contribution in [0.4, 0.5) is 0 Å². The van der Waals surface area contributed by atoms with Crippen molar-refractivity contribution in [1.29, 1.82) is 0 Å². The van der Waals surface area contributed by atoms with E-state index >= 15 is 0 Å². The van der Waals surface area contributed by atoms with Crippen molar-refractivity contribution in [1.82, 2.24) is 10.2 Å². The first kappa shape index (κ1) is 20.2. The molecule has 2 aromatic carbocycles. The lowest BCUT2D eigenvalue weighted by molar-refractivity contribution is -0.132. The van der Waals surface area contributed by atoms with Crippen LogP contribution in [-0.4, -0.2) is 37.6 Å². The molecule has 5 heteroatoms. The minimum absolute atomic E-state index is 0.0716. The molecule has 0 spiro atoms. The molecule has 28 heavy (non-hydrogen) atoms. The Morgan fingerprint density at radius 1 is 1.07 bits per heavy atom. The van der Waals surface area contributed by atoms with Crippen molar-refractivity contribution in [2.75, 3.05) is 26.8 Å². The van der Waals surface area contributed by atoms with E-state index in [4.69, 9.17) is 9.47 Å². The van der Waals surface area contributed by atoms with E-state index in [9.17, 15) is 4.79 Å². The van der Waals surface area contributed by atoms with Gasteiger partial charge in [0.2, 0.25) is 0 Å². The molecule has 1 unspecified atom stereocenters. The largest absolute Gasteiger partial charge is 0.496 e. The minimum Gasteiger partial charge on any atom is -0.496 e. The van der Waals surface area contributed by atoms with Crippen LogP contribution in [-0.2, 0) is 11.3 Å². The first-order chi connectivity index (χ1) is 13.7. The van der Waals surface area contributed by atoms with Gasteiger partial charge in [-0.05, 0) is 31.4 Å². The number of nitrogens with one attached hydrogen (secondary N) is 1. The van der Waals surface area contributed by atoms with Crippen LogP contribution in [0.25, 0.3) is 0 Å². The van der Waals surface area contributed by atoms with Gasteiger partial charge < -0.3 is 19.7 Å². The number of methoxy groups -OCH3 is 1. The van der Waals surface area contributed by atoms with Gasteiger partial charge >= 0.3 is 0 Å². The van der Waals surface area contributed by atoms with E-state index in [1.165, 1.54) is 0 Å². The summed E-state index contributed by atoms with van der Waals surface area (Å²) < 4.78 is 11.4. The molecular formula is C23H30N2O3. The van der Waals surface area contributed by atoms with E-state index in [-0.39, 0.29) is 18.6 Å². The third kappa shape index (κ3) is 5.04. The van der Waals surface area contributed by atoms with Gasteiger partial charge in [0.25, 0.3) is 5.91 Å². The smallest absolute Gasteiger partial charge is 0.260 e. The van der Waals surface area contributed by atoms with Gasteiger partial charge in [-0.1, -0.05) is 43.3 Å². The molecule has 5 nitrogen and oxygen atoms in total. The normalized spacial score (nSPS) is 14.7. The zero-order valence-electron chi connectivity index (χ0n) is 16.8. The van der Waals surface area contributed by atoms with Gasteiger partial charge in [0.1, 0.15) is 11.5 Å². The maximum atomic E-state index is 12.3. The monoisotopic (exact) mass is 382 g/mol. The van der Waals surface area contributed by atoms with Crippen LogP contribution in [0.3, 0.4) is 0 Å². The Kier molecular flexibility index (Phi) is 7.31. The number of benzene rings is 2. The fraction of sp³-hybridized carbons (Fsp3) is 0.435. The fourth-order valence-corrected chi connectivity index (χ4v) is 3.65. The number of carbonyl (C=O) groups excluding carboxylic acids is 1. The molecule has 1 aliphatic rings. The fourth-order valence-electron chi connectivity index (χ4n) is 3.65. The van der Waals surface area contributed by atoms with Crippen molar-refractivity contribution in [2.24, 2.45) is 0 Å². The lowest BCUT2D eigenvalue weighted by Gasteiger charge is -2.22. The first-order valence-corrected chi connectivity index (χ1v) is 10.1. The van der Waals surface area contributed by atoms with Crippen molar-refractivity contribution >= 4 is 5.91 Å². The average molecular weight is 383 g/mol. The van der Waals surface area contributed by atoms with Gasteiger partial charge in [0.15, 0.2) is 6.61 Å². The summed E-state index contributed by atoms with van der Waals surface area (Å²) in [7, 11) is 1.69. The van der Waals surface area contributed by atoms with Crippen molar-refractivity contribution in [2.45, 2.75) is 38.8 Å². The van der Waals surface area contributed by atoms with E-state index < -0.39 is 0 Å². The molecular weight excluding hydrogens is 352 g/mol. The predicted molar refractivity (Wildman–Crippen MR) is 111 cm³/mol. The Balaban J connectivity index is 1.66. The molecule has 1 atom stereocenters. The maximum Gasteiger partial charge on any atom is 0.260 e. The topological polar surface area (TPSA) is 50.8 Å². The van der Waals surface area contributed by atoms with Gasteiger partial charge in [-0.25, -0.2) is 0 Å². The molecule has 1 N–H and O–H groups in total. The van der Waals surface area contributed by atoms with Crippen LogP contribution in [0, 0.1) is 0 Å². The number of amides is 1. The summed E-state index contributed by atoms with van der Waals surface area (Å²) in [5.74, 6) is 1.72. The molecule has 1 amide bonds. The molecule has 2 aromatic rings. The van der Waals surface area contributed by atoms with Gasteiger partial charge in [-0.3, -0.25) is 4.79 Å². The standard InChI is InChI=1S/C23H30N2O3/c1-3-20(24-16-18-10-4-6-12-21(18)27-2)19-11-5-7-13-22(19)28-17-23(26)25-14-8-9-15-25/h4-7,10-13,20,24H,3,8-9,14-17H2,1-2H3. The van der Waals surface area contributed by atoms with E-state index in [1.807, 2.05) is 41.3 Å². The summed E-state index contributed by atoms with van der Waals surface area (Å²) >= 11 is 0. The predicted octanol–water partition coefficient (Wildman–Crippen LogP) is 3.94. The number of para-hydroxylation sites is 2. The summed E-state index contributed by atoms with van der Waals surface area (Å²) in [5.41, 5.74) is 2.19. The summed E-state index contributed by atoms with van der Waals surface area (Å²) in [6.45, 7) is 4.64. The highest BCUT2D eigenvalue weighted by Gasteiger charge is 2.20. The molecule has 0 saturated carbocycles. The van der Waals surface area contributed by atoms with Crippen molar-refractivity contribution < 1.29 is 14.3 Å². The number of nitrogens with zero attached hydrogens (tertiary/aromatic N) is 1. The van der Waals surface area contributed by atoms with E-state index in [0.717, 1.165) is 55.0 Å². The molecule has 0 bridgehead atoms. The second kappa shape index (κ2) is 10.1. The van der Waals surface area contributed by atoms with Gasteiger partial charge in [0.05, 0.1) is 7.11 Å². The van der Waals surface area contributed by atoms with Crippen LogP contribution in [0.5, 0.6) is 11.5 Å². The van der Waals surface area contributed by atoms with Gasteiger partial charge in [-0.2, -0.15) is 0 Å². The summed E-state index contributed by atoms with van der Waals surface area (Å²) in [5, 5.41) is 3.60. The number of carbonyl (C=O) groups is 1. The second-order valence-electron chi connectivity index (χ2n) is 7.07. The highest BCUT2D eigenvalue weighted by Crippen LogP contribution is 2.28. The van der Waals surface area contributed by atoms with Crippen molar-refractivity contribution in [3.05, 3.63) is 59.7 Å². The van der Waals surface area contributed by atoms with Crippen LogP contribution in [0.2, 0.25) is 0 Å². The summed E-state index contributed by atoms with van der Waals surface area (Å²) in [6, 6.07) is 16.1. The zero-order chi connectivity index (χ0) is 19.8. The quantitative estimate of drug-likeness (QED) is 0.714. The Hall–Kier alpha value is -2.53. The van der Waals surface area contributed by atoms with E-state index in [1.54, 1.807) is 7.11 Å². The minimum atomic E-state index is 0.0716. The Morgan fingerprint density at radius 2 is 1.75 bits per heavy atom. The van der Waals surface area contributed by atoms with Gasteiger partial charge in [-0.15, -0.1) is 0 Å². The second-order valence-corrected chi connectivity index (χ2v) is 7.07. The first-order valence-electron chi connectivity index (χ1n) is 10.1. The maximum absolute atomic E-state index is 12.3. The number of rotatable bonds is 9. The molecule has 150 valence electrons. The number of hydrogen-bond donors (Lipinski definition) is 1. The zero-order valence-corrected chi connectivity index (χ0v) is 16.8. The van der Waals surface area contributed by atoms with Crippen LogP contribution >= 0.6 is 0 Å². The third-order valence-electron chi connectivity index (χ3n) is 5.24. The lowest BCUT2D eigenvalue weighted by atomic mass is 10.0. The van der Waals surface area contributed by atoms with Crippen LogP contribution < -0.4 is 14.8 Å². The third-order valence-corrected chi connectivity index (χ3v) is 5.24. The van der Waals surface area contributed by atoms with Crippen LogP contribution in [0.15, 0.2) is 48.5 Å². The molecule has 1 fully saturated rings. The summed E-state index contributed by atoms with van der Waals surface area (Å²) in [4.78, 5) is 14.2. The van der Waals surface area contributed by atoms with Crippen molar-refractivity contribution in [3.8, 4) is 11.5 Å². The Morgan fingerprint density at radius 3 is 2.46 bits per heavy atom. The van der Waals surface area contributed by atoms with Crippen molar-refractivity contribution in [3.63, 3.8) is 0 Å². The Labute approximate surface area is 167 Å². The Bertz CT molecular complexity index is 772. The molecule has 0 aliphatic carbocycles. The highest BCUT2D eigenvalue weighted by atomic mass is 16.5. The molecule has 1 aliphatic heterocycles. The molecule has 1 saturated heterocycles. The molecule has 1 heterocycles. The van der Waals surface area contributed by atoms with E-state index in [2.05, 4.69) is 24.4 Å². The summed E-state index contributed by atoms with van der Waals surface area (Å²) in [6.07, 6.45) is 3.09. The SMILES string of the molecule is CCC(NCc1ccccc1OC)c1ccccc1OCC(=O)N1CCCC1. The highest BCUT2D eigenvalue weighted by molar-refractivity contribution is 5.78. The van der Waals surface area contributed by atoms with Crippen LogP contribution in [0.1, 0.15) is 43.4 Å². The molecule has 3 rings (SSSR count).